The molecular weight excluding hydrogens is 774 g/mol. The van der Waals surface area contributed by atoms with E-state index in [2.05, 4.69) is 176 Å². The van der Waals surface area contributed by atoms with Crippen LogP contribution in [0.3, 0.4) is 0 Å². The quantitative estimate of drug-likeness (QED) is 0.164. The van der Waals surface area contributed by atoms with Crippen molar-refractivity contribution in [3.05, 3.63) is 148 Å². The van der Waals surface area contributed by atoms with E-state index < -0.39 is 11.7 Å². The first-order valence-corrected chi connectivity index (χ1v) is 21.2. The molecule has 0 bridgehead atoms. The standard InChI is InChI=1S/C55H53F3N4/c1-51(2,3)33-14-20-39-40-21-15-34(52(4,5)6)27-46(40)61(45(39)26-33)49-24-32(31-59)43(38-19-18-37(55(56,57)58)25-44(38)60-13)30-50(49)62-47-28-35(53(7,8)9)16-22-41(47)42-23-17-36(29-48(42)62)54(10,11)12/h14-30H,1-12H3. The van der Waals surface area contributed by atoms with Crippen LogP contribution < -0.4 is 0 Å². The highest BCUT2D eigenvalue weighted by atomic mass is 19.4. The van der Waals surface area contributed by atoms with Crippen LogP contribution in [0.25, 0.3) is 71.0 Å². The number of benzene rings is 6. The van der Waals surface area contributed by atoms with Gasteiger partial charge in [0.25, 0.3) is 0 Å². The lowest BCUT2D eigenvalue weighted by atomic mass is 9.86. The molecular formula is C55H53F3N4. The van der Waals surface area contributed by atoms with Gasteiger partial charge >= 0.3 is 6.18 Å². The van der Waals surface area contributed by atoms with Crippen LogP contribution in [0.5, 0.6) is 0 Å². The van der Waals surface area contributed by atoms with Crippen LogP contribution in [-0.4, -0.2) is 9.13 Å². The maximum atomic E-state index is 14.1. The molecule has 0 unspecified atom stereocenters. The van der Waals surface area contributed by atoms with E-state index in [1.165, 1.54) is 6.07 Å². The fourth-order valence-electron chi connectivity index (χ4n) is 8.70. The number of alkyl halides is 3. The Morgan fingerprint density at radius 1 is 0.452 bits per heavy atom. The molecule has 6 aromatic carbocycles. The number of nitrogens with zero attached hydrogens (tertiary/aromatic N) is 4. The molecule has 0 saturated heterocycles. The second-order valence-electron chi connectivity index (χ2n) is 20.9. The smallest absolute Gasteiger partial charge is 0.307 e. The van der Waals surface area contributed by atoms with Crippen molar-refractivity contribution in [3.8, 4) is 28.6 Å². The lowest BCUT2D eigenvalue weighted by Crippen LogP contribution is -2.13. The van der Waals surface area contributed by atoms with Crippen molar-refractivity contribution in [2.75, 3.05) is 0 Å². The fourth-order valence-corrected chi connectivity index (χ4v) is 8.70. The summed E-state index contributed by atoms with van der Waals surface area (Å²) in [6.07, 6.45) is -4.64. The van der Waals surface area contributed by atoms with Gasteiger partial charge in [0, 0.05) is 27.1 Å². The van der Waals surface area contributed by atoms with Crippen molar-refractivity contribution >= 4 is 49.3 Å². The van der Waals surface area contributed by atoms with Gasteiger partial charge in [0.2, 0.25) is 0 Å². The van der Waals surface area contributed by atoms with Crippen LogP contribution in [-0.2, 0) is 27.8 Å². The summed E-state index contributed by atoms with van der Waals surface area (Å²) >= 11 is 0. The zero-order chi connectivity index (χ0) is 45.1. The van der Waals surface area contributed by atoms with E-state index in [1.807, 2.05) is 12.1 Å². The van der Waals surface area contributed by atoms with Crippen molar-refractivity contribution in [2.45, 2.75) is 111 Å². The molecule has 314 valence electrons. The summed E-state index contributed by atoms with van der Waals surface area (Å²) in [4.78, 5) is 3.61. The molecule has 0 amide bonds. The van der Waals surface area contributed by atoms with Gasteiger partial charge in [0.15, 0.2) is 5.69 Å². The van der Waals surface area contributed by atoms with E-state index in [0.29, 0.717) is 5.56 Å². The van der Waals surface area contributed by atoms with E-state index >= 15 is 0 Å². The molecule has 0 saturated carbocycles. The number of rotatable bonds is 3. The van der Waals surface area contributed by atoms with Crippen molar-refractivity contribution in [1.29, 1.82) is 5.26 Å². The largest absolute Gasteiger partial charge is 0.415 e. The third-order valence-electron chi connectivity index (χ3n) is 12.5. The van der Waals surface area contributed by atoms with Gasteiger partial charge in [0.05, 0.1) is 51.6 Å². The van der Waals surface area contributed by atoms with E-state index in [9.17, 15) is 18.4 Å². The van der Waals surface area contributed by atoms with Gasteiger partial charge in [-0.15, -0.1) is 0 Å². The van der Waals surface area contributed by atoms with Gasteiger partial charge in [-0.2, -0.15) is 18.4 Å². The average Bonchev–Trinajstić information content (AvgIpc) is 3.69. The van der Waals surface area contributed by atoms with Crippen LogP contribution >= 0.6 is 0 Å². The molecule has 2 heterocycles. The Kier molecular flexibility index (Phi) is 9.65. The van der Waals surface area contributed by atoms with Crippen LogP contribution in [0.1, 0.15) is 116 Å². The number of aromatic nitrogens is 2. The van der Waals surface area contributed by atoms with E-state index in [-0.39, 0.29) is 38.5 Å². The first-order chi connectivity index (χ1) is 28.8. The molecule has 0 aliphatic rings. The molecule has 0 fully saturated rings. The molecule has 0 aliphatic heterocycles. The summed E-state index contributed by atoms with van der Waals surface area (Å²) in [6.45, 7) is 34.4. The Labute approximate surface area is 363 Å². The van der Waals surface area contributed by atoms with Crippen molar-refractivity contribution in [1.82, 2.24) is 9.13 Å². The molecule has 8 aromatic rings. The second-order valence-corrected chi connectivity index (χ2v) is 20.9. The molecule has 0 radical (unpaired) electrons. The van der Waals surface area contributed by atoms with Gasteiger partial charge < -0.3 is 9.13 Å². The zero-order valence-electron chi connectivity index (χ0n) is 37.7. The Morgan fingerprint density at radius 3 is 1.10 bits per heavy atom. The molecule has 4 nitrogen and oxygen atoms in total. The molecule has 7 heteroatoms. The van der Waals surface area contributed by atoms with Gasteiger partial charge in [0.1, 0.15) is 0 Å². The summed E-state index contributed by atoms with van der Waals surface area (Å²) in [6, 6.07) is 36.0. The van der Waals surface area contributed by atoms with Crippen molar-refractivity contribution in [2.24, 2.45) is 0 Å². The van der Waals surface area contributed by atoms with Crippen molar-refractivity contribution < 1.29 is 13.2 Å². The van der Waals surface area contributed by atoms with Gasteiger partial charge in [-0.25, -0.2) is 4.85 Å². The Hall–Kier alpha value is -6.31. The number of halogens is 3. The second kappa shape index (κ2) is 14.1. The predicted molar refractivity (Wildman–Crippen MR) is 251 cm³/mol. The van der Waals surface area contributed by atoms with Gasteiger partial charge in [-0.3, -0.25) is 0 Å². The molecule has 0 atom stereocenters. The molecule has 0 spiro atoms. The molecule has 62 heavy (non-hydrogen) atoms. The molecule has 8 rings (SSSR count). The summed E-state index contributed by atoms with van der Waals surface area (Å²) in [7, 11) is 0. The number of fused-ring (bicyclic) bond motifs is 6. The highest BCUT2D eigenvalue weighted by Crippen LogP contribution is 2.46. The number of nitriles is 1. The highest BCUT2D eigenvalue weighted by molar-refractivity contribution is 6.12. The topological polar surface area (TPSA) is 38.0 Å². The lowest BCUT2D eigenvalue weighted by molar-refractivity contribution is -0.137. The highest BCUT2D eigenvalue weighted by Gasteiger charge is 2.32. The summed E-state index contributed by atoms with van der Waals surface area (Å²) in [5.74, 6) is 0. The van der Waals surface area contributed by atoms with Gasteiger partial charge in [-0.05, 0) is 97.5 Å². The maximum Gasteiger partial charge on any atom is 0.415 e. The minimum Gasteiger partial charge on any atom is -0.307 e. The van der Waals surface area contributed by atoms with E-state index in [1.54, 1.807) is 0 Å². The monoisotopic (exact) mass is 826 g/mol. The molecule has 0 N–H and O–H groups in total. The Morgan fingerprint density at radius 2 is 0.790 bits per heavy atom. The summed E-state index contributed by atoms with van der Waals surface area (Å²) in [5.41, 5.74) is 8.98. The summed E-state index contributed by atoms with van der Waals surface area (Å²) < 4.78 is 46.8. The summed E-state index contributed by atoms with van der Waals surface area (Å²) in [5, 5.41) is 15.3. The minimum absolute atomic E-state index is 0.172. The normalized spacial score (nSPS) is 13.0. The Balaban J connectivity index is 1.64. The number of hydrogen-bond acceptors (Lipinski definition) is 1. The lowest BCUT2D eigenvalue weighted by Gasteiger charge is -2.24. The molecule has 2 aromatic heterocycles. The molecule has 0 aliphatic carbocycles. The van der Waals surface area contributed by atoms with Gasteiger partial charge in [-0.1, -0.05) is 144 Å². The average molecular weight is 827 g/mol. The van der Waals surface area contributed by atoms with E-state index in [4.69, 9.17) is 6.57 Å². The predicted octanol–water partition coefficient (Wildman–Crippen LogP) is 16.2. The SMILES string of the molecule is [C-]#[N+]c1cc(C(F)(F)F)ccc1-c1cc(-n2c3cc(C(C)(C)C)ccc3c3ccc(C(C)(C)C)cc32)c(-n2c3cc(C(C)(C)C)ccc3c3ccc(C(C)(C)C)cc32)cc1C#N. The van der Waals surface area contributed by atoms with Crippen LogP contribution in [0, 0.1) is 17.9 Å². The van der Waals surface area contributed by atoms with Crippen LogP contribution in [0.15, 0.2) is 103 Å². The number of hydrogen-bond donors (Lipinski definition) is 0. The van der Waals surface area contributed by atoms with Crippen LogP contribution in [0.2, 0.25) is 0 Å². The first kappa shape index (κ1) is 42.4. The van der Waals surface area contributed by atoms with Crippen LogP contribution in [0.4, 0.5) is 18.9 Å². The third kappa shape index (κ3) is 7.12. The first-order valence-electron chi connectivity index (χ1n) is 21.2. The maximum absolute atomic E-state index is 14.1. The fraction of sp³-hybridized carbons (Fsp3) is 0.309. The minimum atomic E-state index is -4.64. The Bertz CT molecular complexity index is 3080. The zero-order valence-corrected chi connectivity index (χ0v) is 37.7. The van der Waals surface area contributed by atoms with Crippen molar-refractivity contribution in [3.63, 3.8) is 0 Å². The third-order valence-corrected chi connectivity index (χ3v) is 12.5. The van der Waals surface area contributed by atoms with E-state index in [0.717, 1.165) is 89.4 Å².